The third kappa shape index (κ3) is 7.48. The first-order valence-corrected chi connectivity index (χ1v) is 15.5. The van der Waals surface area contributed by atoms with Crippen molar-refractivity contribution in [3.8, 4) is 0 Å². The molecule has 42 heavy (non-hydrogen) atoms. The van der Waals surface area contributed by atoms with Gasteiger partial charge in [-0.25, -0.2) is 4.98 Å². The number of hydrogen-bond donors (Lipinski definition) is 2. The van der Waals surface area contributed by atoms with Gasteiger partial charge in [-0.2, -0.15) is 4.98 Å². The van der Waals surface area contributed by atoms with Crippen LogP contribution in [0.3, 0.4) is 0 Å². The molecule has 2 N–H and O–H groups in total. The number of nitrogens with one attached hydrogen (secondary N) is 2. The summed E-state index contributed by atoms with van der Waals surface area (Å²) in [5, 5.41) is 7.33. The predicted octanol–water partition coefficient (Wildman–Crippen LogP) is 6.59. The van der Waals surface area contributed by atoms with Crippen molar-refractivity contribution >= 4 is 46.1 Å². The normalized spacial score (nSPS) is 17.4. The Labute approximate surface area is 252 Å². The van der Waals surface area contributed by atoms with E-state index in [1.165, 1.54) is 11.8 Å². The van der Waals surface area contributed by atoms with Crippen LogP contribution in [-0.2, 0) is 4.79 Å². The Morgan fingerprint density at radius 3 is 2.14 bits per heavy atom. The van der Waals surface area contributed by atoms with Crippen molar-refractivity contribution in [3.05, 3.63) is 89.5 Å². The van der Waals surface area contributed by atoms with Gasteiger partial charge in [-0.15, -0.1) is 11.8 Å². The molecule has 5 rings (SSSR count). The van der Waals surface area contributed by atoms with E-state index in [0.29, 0.717) is 11.5 Å². The maximum Gasteiger partial charge on any atom is 0.234 e. The van der Waals surface area contributed by atoms with E-state index in [1.54, 1.807) is 0 Å². The van der Waals surface area contributed by atoms with Gasteiger partial charge in [0.2, 0.25) is 11.9 Å². The van der Waals surface area contributed by atoms with Crippen LogP contribution in [0, 0.1) is 13.8 Å². The summed E-state index contributed by atoms with van der Waals surface area (Å²) < 4.78 is 0. The number of nitrogens with zero attached hydrogens (tertiary/aromatic N) is 3. The number of aryl methyl sites for hydroxylation is 2. The van der Waals surface area contributed by atoms with Crippen LogP contribution in [0.1, 0.15) is 53.6 Å². The van der Waals surface area contributed by atoms with Crippen molar-refractivity contribution in [2.24, 2.45) is 0 Å². The van der Waals surface area contributed by atoms with E-state index in [2.05, 4.69) is 10.6 Å². The van der Waals surface area contributed by atoms with Crippen LogP contribution in [0.15, 0.2) is 77.7 Å². The van der Waals surface area contributed by atoms with Crippen molar-refractivity contribution in [1.82, 2.24) is 15.3 Å². The van der Waals surface area contributed by atoms with Gasteiger partial charge in [-0.3, -0.25) is 9.59 Å². The molecule has 3 aromatic carbocycles. The van der Waals surface area contributed by atoms with Gasteiger partial charge in [0.15, 0.2) is 5.78 Å². The van der Waals surface area contributed by atoms with Crippen molar-refractivity contribution in [2.45, 2.75) is 68.2 Å². The lowest BCUT2D eigenvalue weighted by atomic mass is 9.91. The first kappa shape index (κ1) is 29.6. The number of fused-ring (bicyclic) bond motifs is 1. The number of para-hydroxylation sites is 1. The Hall–Kier alpha value is -3.91. The van der Waals surface area contributed by atoms with Crippen molar-refractivity contribution < 1.29 is 9.59 Å². The Kier molecular flexibility index (Phi) is 9.42. The molecule has 0 bridgehead atoms. The van der Waals surface area contributed by atoms with Gasteiger partial charge in [0.25, 0.3) is 0 Å². The summed E-state index contributed by atoms with van der Waals surface area (Å²) in [5.41, 5.74) is 3.82. The van der Waals surface area contributed by atoms with Crippen molar-refractivity contribution in [3.63, 3.8) is 0 Å². The van der Waals surface area contributed by atoms with E-state index >= 15 is 0 Å². The number of anilines is 2. The molecule has 0 radical (unpaired) electrons. The first-order valence-electron chi connectivity index (χ1n) is 14.6. The number of thioether (sulfide) groups is 1. The molecule has 1 aromatic heterocycles. The molecular formula is C34H39N5O2S. The number of carbonyl (C=O) groups is 2. The van der Waals surface area contributed by atoms with Crippen LogP contribution in [-0.4, -0.2) is 53.1 Å². The molecule has 8 heteroatoms. The molecule has 1 fully saturated rings. The largest absolute Gasteiger partial charge is 0.362 e. The summed E-state index contributed by atoms with van der Waals surface area (Å²) in [7, 11) is 3.98. The summed E-state index contributed by atoms with van der Waals surface area (Å²) in [6.07, 6.45) is 3.65. The van der Waals surface area contributed by atoms with Gasteiger partial charge in [-0.05, 0) is 63.8 Å². The Morgan fingerprint density at radius 2 is 1.48 bits per heavy atom. The van der Waals surface area contributed by atoms with Gasteiger partial charge >= 0.3 is 0 Å². The maximum atomic E-state index is 13.6. The lowest BCUT2D eigenvalue weighted by Gasteiger charge is -2.31. The maximum absolute atomic E-state index is 13.6. The standard InChI is InChI=1S/C34H39N5O2S/c1-22-9-13-24(14-10-22)30(40)21-31(42-27-19-11-23(2)12-20-27)33(41)35-25-15-17-26(18-16-25)36-34-37-29-8-6-5-7-28(29)32(38-34)39(3)4/h5-14,19-20,25-26,31H,15-18,21H2,1-4H3,(H,35,41)(H,36,37,38)/t25-,26+,31?. The monoisotopic (exact) mass is 581 g/mol. The number of rotatable bonds is 10. The molecular weight excluding hydrogens is 542 g/mol. The minimum absolute atomic E-state index is 0.0184. The molecule has 1 aliphatic carbocycles. The minimum Gasteiger partial charge on any atom is -0.362 e. The third-order valence-electron chi connectivity index (χ3n) is 7.75. The quantitative estimate of drug-likeness (QED) is 0.161. The Balaban J connectivity index is 1.21. The second kappa shape index (κ2) is 13.4. The zero-order valence-corrected chi connectivity index (χ0v) is 25.6. The van der Waals surface area contributed by atoms with Gasteiger partial charge < -0.3 is 15.5 Å². The molecule has 1 atom stereocenters. The summed E-state index contributed by atoms with van der Waals surface area (Å²) in [4.78, 5) is 39.3. The average Bonchev–Trinajstić information content (AvgIpc) is 2.98. The lowest BCUT2D eigenvalue weighted by molar-refractivity contribution is -0.121. The molecule has 1 unspecified atom stereocenters. The highest BCUT2D eigenvalue weighted by Gasteiger charge is 2.28. The van der Waals surface area contributed by atoms with E-state index in [-0.39, 0.29) is 30.2 Å². The number of hydrogen-bond acceptors (Lipinski definition) is 7. The number of aromatic nitrogens is 2. The third-order valence-corrected chi connectivity index (χ3v) is 8.96. The molecule has 0 saturated heterocycles. The van der Waals surface area contributed by atoms with Gasteiger partial charge in [-0.1, -0.05) is 59.7 Å². The van der Waals surface area contributed by atoms with E-state index < -0.39 is 5.25 Å². The van der Waals surface area contributed by atoms with Crippen molar-refractivity contribution in [2.75, 3.05) is 24.3 Å². The summed E-state index contributed by atoms with van der Waals surface area (Å²) in [6, 6.07) is 24.0. The first-order chi connectivity index (χ1) is 20.2. The van der Waals surface area contributed by atoms with Crippen LogP contribution in [0.4, 0.5) is 11.8 Å². The van der Waals surface area contributed by atoms with E-state index in [1.807, 2.05) is 106 Å². The summed E-state index contributed by atoms with van der Waals surface area (Å²) >= 11 is 1.46. The van der Waals surface area contributed by atoms with E-state index in [9.17, 15) is 9.59 Å². The van der Waals surface area contributed by atoms with Crippen LogP contribution >= 0.6 is 11.8 Å². The average molecular weight is 582 g/mol. The fourth-order valence-electron chi connectivity index (χ4n) is 5.32. The number of amides is 1. The highest BCUT2D eigenvalue weighted by Crippen LogP contribution is 2.29. The Morgan fingerprint density at radius 1 is 0.857 bits per heavy atom. The summed E-state index contributed by atoms with van der Waals surface area (Å²) in [6.45, 7) is 4.04. The van der Waals surface area contributed by atoms with Gasteiger partial charge in [0.1, 0.15) is 5.82 Å². The molecule has 7 nitrogen and oxygen atoms in total. The number of carbonyl (C=O) groups excluding carboxylic acids is 2. The fraction of sp³-hybridized carbons (Fsp3) is 0.353. The Bertz CT molecular complexity index is 1530. The SMILES string of the molecule is Cc1ccc(SC(CC(=O)c2ccc(C)cc2)C(=O)N[C@H]2CC[C@@H](Nc3nc(N(C)C)c4ccccc4n3)CC2)cc1. The highest BCUT2D eigenvalue weighted by atomic mass is 32.2. The van der Waals surface area contributed by atoms with Gasteiger partial charge in [0, 0.05) is 48.4 Å². The molecule has 218 valence electrons. The predicted molar refractivity (Wildman–Crippen MR) is 173 cm³/mol. The lowest BCUT2D eigenvalue weighted by Crippen LogP contribution is -2.44. The second-order valence-electron chi connectivity index (χ2n) is 11.4. The smallest absolute Gasteiger partial charge is 0.234 e. The van der Waals surface area contributed by atoms with Crippen LogP contribution in [0.25, 0.3) is 10.9 Å². The van der Waals surface area contributed by atoms with Crippen LogP contribution in [0.5, 0.6) is 0 Å². The zero-order chi connectivity index (χ0) is 29.6. The van der Waals surface area contributed by atoms with Crippen molar-refractivity contribution in [1.29, 1.82) is 0 Å². The molecule has 1 heterocycles. The van der Waals surface area contributed by atoms with Crippen LogP contribution < -0.4 is 15.5 Å². The van der Waals surface area contributed by atoms with Gasteiger partial charge in [0.05, 0.1) is 10.8 Å². The minimum atomic E-state index is -0.507. The molecule has 0 aliphatic heterocycles. The molecule has 4 aromatic rings. The van der Waals surface area contributed by atoms with Crippen LogP contribution in [0.2, 0.25) is 0 Å². The topological polar surface area (TPSA) is 87.2 Å². The zero-order valence-electron chi connectivity index (χ0n) is 24.8. The number of Topliss-reactive ketones (excluding diaryl/α,β-unsaturated/α-hetero) is 1. The van der Waals surface area contributed by atoms with E-state index in [4.69, 9.17) is 9.97 Å². The molecule has 1 aliphatic rings. The number of benzene rings is 3. The molecule has 1 amide bonds. The second-order valence-corrected chi connectivity index (χ2v) is 12.7. The molecule has 0 spiro atoms. The summed E-state index contributed by atoms with van der Waals surface area (Å²) in [5.74, 6) is 1.43. The number of ketones is 1. The fourth-order valence-corrected chi connectivity index (χ4v) is 6.35. The highest BCUT2D eigenvalue weighted by molar-refractivity contribution is 8.00. The molecule has 1 saturated carbocycles. The van der Waals surface area contributed by atoms with E-state index in [0.717, 1.165) is 58.4 Å².